The molecule has 0 saturated heterocycles. The zero-order valence-corrected chi connectivity index (χ0v) is 17.1. The van der Waals surface area contributed by atoms with Crippen LogP contribution in [0, 0.1) is 24.5 Å². The lowest BCUT2D eigenvalue weighted by atomic mass is 10.1. The number of thiocyanates is 1. The fourth-order valence-electron chi connectivity index (χ4n) is 2.77. The predicted octanol–water partition coefficient (Wildman–Crippen LogP) is 4.18. The molecule has 1 aromatic heterocycles. The van der Waals surface area contributed by atoms with Crippen molar-refractivity contribution in [2.45, 2.75) is 23.9 Å². The number of aromatic nitrogens is 2. The second-order valence-corrected chi connectivity index (χ2v) is 7.94. The van der Waals surface area contributed by atoms with Crippen molar-refractivity contribution in [2.75, 3.05) is 16.9 Å². The topological polar surface area (TPSA) is 96.7 Å². The summed E-state index contributed by atoms with van der Waals surface area (Å²) in [6.45, 7) is 3.83. The fraction of sp³-hybridized carbons (Fsp3) is 0.150. The minimum Gasteiger partial charge on any atom is -0.337 e. The number of nitriles is 1. The van der Waals surface area contributed by atoms with Crippen molar-refractivity contribution in [1.29, 1.82) is 5.26 Å². The Balaban J connectivity index is 1.66. The van der Waals surface area contributed by atoms with Crippen molar-refractivity contribution in [3.8, 4) is 16.7 Å². The van der Waals surface area contributed by atoms with Crippen LogP contribution in [0.4, 0.5) is 5.69 Å². The number of amides is 1. The van der Waals surface area contributed by atoms with Gasteiger partial charge in [-0.05, 0) is 48.9 Å². The zero-order valence-electron chi connectivity index (χ0n) is 15.5. The number of benzene rings is 2. The van der Waals surface area contributed by atoms with E-state index in [0.717, 1.165) is 44.7 Å². The standard InChI is InChI=1S/C20H19N5OS2/c1-13-8-16(28-12-21)9-14(2)19(13)24-18(26)11-27-20-23-17(10-25(20)22)15-6-4-3-5-7-15/h3-10H,11,22H2,1-2H3,(H,24,26). The minimum absolute atomic E-state index is 0.138. The number of hydrogen-bond acceptors (Lipinski definition) is 6. The van der Waals surface area contributed by atoms with E-state index >= 15 is 0 Å². The number of imidazole rings is 1. The number of anilines is 1. The molecular formula is C20H19N5OS2. The lowest BCUT2D eigenvalue weighted by Gasteiger charge is -2.12. The van der Waals surface area contributed by atoms with E-state index < -0.39 is 0 Å². The average Bonchev–Trinajstić information content (AvgIpc) is 3.05. The summed E-state index contributed by atoms with van der Waals surface area (Å²) in [6, 6.07) is 13.5. The number of carbonyl (C=O) groups excluding carboxylic acids is 1. The largest absolute Gasteiger partial charge is 0.337 e. The van der Waals surface area contributed by atoms with Gasteiger partial charge in [0.1, 0.15) is 5.40 Å². The van der Waals surface area contributed by atoms with Crippen LogP contribution in [-0.2, 0) is 4.79 Å². The Morgan fingerprint density at radius 3 is 2.57 bits per heavy atom. The van der Waals surface area contributed by atoms with Gasteiger partial charge in [-0.25, -0.2) is 9.66 Å². The Morgan fingerprint density at radius 1 is 1.25 bits per heavy atom. The molecule has 0 spiro atoms. The third kappa shape index (κ3) is 4.68. The Kier molecular flexibility index (Phi) is 6.29. The summed E-state index contributed by atoms with van der Waals surface area (Å²) in [5.41, 5.74) is 4.35. The summed E-state index contributed by atoms with van der Waals surface area (Å²) < 4.78 is 1.44. The van der Waals surface area contributed by atoms with Crippen LogP contribution >= 0.6 is 23.5 Å². The molecule has 3 aromatic rings. The molecular weight excluding hydrogens is 390 g/mol. The Bertz CT molecular complexity index is 1020. The highest BCUT2D eigenvalue weighted by Crippen LogP contribution is 2.28. The van der Waals surface area contributed by atoms with Gasteiger partial charge in [-0.15, -0.1) is 0 Å². The average molecular weight is 410 g/mol. The van der Waals surface area contributed by atoms with E-state index in [1.165, 1.54) is 16.4 Å². The van der Waals surface area contributed by atoms with Gasteiger partial charge in [0.2, 0.25) is 5.91 Å². The number of nitrogens with two attached hydrogens (primary N) is 1. The molecule has 0 radical (unpaired) electrons. The fourth-order valence-corrected chi connectivity index (χ4v) is 4.04. The smallest absolute Gasteiger partial charge is 0.234 e. The molecule has 0 bridgehead atoms. The third-order valence-electron chi connectivity index (χ3n) is 4.03. The number of carbonyl (C=O) groups is 1. The van der Waals surface area contributed by atoms with Crippen molar-refractivity contribution in [1.82, 2.24) is 9.66 Å². The number of aryl methyl sites for hydroxylation is 2. The number of nitrogens with zero attached hydrogens (tertiary/aromatic N) is 3. The summed E-state index contributed by atoms with van der Waals surface area (Å²) in [4.78, 5) is 17.8. The van der Waals surface area contributed by atoms with Crippen LogP contribution in [0.15, 0.2) is 58.7 Å². The first-order valence-corrected chi connectivity index (χ1v) is 10.3. The van der Waals surface area contributed by atoms with Gasteiger partial charge in [0.25, 0.3) is 0 Å². The lowest BCUT2D eigenvalue weighted by molar-refractivity contribution is -0.113. The summed E-state index contributed by atoms with van der Waals surface area (Å²) in [5.74, 6) is 6.04. The van der Waals surface area contributed by atoms with Crippen LogP contribution in [-0.4, -0.2) is 21.3 Å². The lowest BCUT2D eigenvalue weighted by Crippen LogP contribution is -2.17. The molecule has 0 saturated carbocycles. The second-order valence-electron chi connectivity index (χ2n) is 6.14. The molecule has 142 valence electrons. The first kappa shape index (κ1) is 19.9. The quantitative estimate of drug-likeness (QED) is 0.360. The van der Waals surface area contributed by atoms with Gasteiger partial charge in [0.15, 0.2) is 5.16 Å². The molecule has 3 N–H and O–H groups in total. The highest BCUT2D eigenvalue weighted by Gasteiger charge is 2.13. The first-order chi connectivity index (χ1) is 13.5. The Morgan fingerprint density at radius 2 is 1.93 bits per heavy atom. The molecule has 0 aliphatic heterocycles. The number of rotatable bonds is 6. The molecule has 6 nitrogen and oxygen atoms in total. The predicted molar refractivity (Wildman–Crippen MR) is 115 cm³/mol. The van der Waals surface area contributed by atoms with Crippen molar-refractivity contribution in [3.63, 3.8) is 0 Å². The van der Waals surface area contributed by atoms with E-state index in [0.29, 0.717) is 5.16 Å². The van der Waals surface area contributed by atoms with E-state index in [2.05, 4.69) is 15.7 Å². The molecule has 28 heavy (non-hydrogen) atoms. The van der Waals surface area contributed by atoms with Crippen molar-refractivity contribution in [2.24, 2.45) is 0 Å². The highest BCUT2D eigenvalue weighted by molar-refractivity contribution is 8.03. The maximum absolute atomic E-state index is 12.4. The molecule has 0 fully saturated rings. The van der Waals surface area contributed by atoms with Gasteiger partial charge >= 0.3 is 0 Å². The van der Waals surface area contributed by atoms with Gasteiger partial charge < -0.3 is 11.2 Å². The molecule has 8 heteroatoms. The van der Waals surface area contributed by atoms with Gasteiger partial charge in [-0.1, -0.05) is 42.1 Å². The first-order valence-electron chi connectivity index (χ1n) is 8.47. The number of hydrogen-bond donors (Lipinski definition) is 2. The van der Waals surface area contributed by atoms with E-state index in [1.54, 1.807) is 6.20 Å². The van der Waals surface area contributed by atoms with Crippen molar-refractivity contribution < 1.29 is 4.79 Å². The van der Waals surface area contributed by atoms with Gasteiger partial charge in [-0.3, -0.25) is 4.79 Å². The number of thioether (sulfide) groups is 2. The molecule has 0 atom stereocenters. The molecule has 0 unspecified atom stereocenters. The van der Waals surface area contributed by atoms with Crippen LogP contribution < -0.4 is 11.2 Å². The monoisotopic (exact) mass is 409 g/mol. The molecule has 1 amide bonds. The number of nitrogen functional groups attached to an aromatic ring is 1. The summed E-state index contributed by atoms with van der Waals surface area (Å²) >= 11 is 2.39. The highest BCUT2D eigenvalue weighted by atomic mass is 32.2. The van der Waals surface area contributed by atoms with E-state index in [1.807, 2.05) is 56.3 Å². The van der Waals surface area contributed by atoms with Crippen LogP contribution in [0.3, 0.4) is 0 Å². The van der Waals surface area contributed by atoms with Crippen LogP contribution in [0.25, 0.3) is 11.3 Å². The molecule has 2 aromatic carbocycles. The van der Waals surface area contributed by atoms with Crippen molar-refractivity contribution in [3.05, 3.63) is 59.8 Å². The maximum Gasteiger partial charge on any atom is 0.234 e. The van der Waals surface area contributed by atoms with Crippen LogP contribution in [0.2, 0.25) is 0 Å². The number of nitrogens with one attached hydrogen (secondary N) is 1. The van der Waals surface area contributed by atoms with Gasteiger partial charge in [0.05, 0.1) is 17.6 Å². The SMILES string of the molecule is Cc1cc(SC#N)cc(C)c1NC(=O)CSc1nc(-c2ccccc2)cn1N. The normalized spacial score (nSPS) is 10.5. The molecule has 0 aliphatic carbocycles. The second kappa shape index (κ2) is 8.87. The summed E-state index contributed by atoms with van der Waals surface area (Å²) in [5, 5.41) is 14.4. The minimum atomic E-state index is -0.138. The third-order valence-corrected chi connectivity index (χ3v) is 5.56. The molecule has 0 aliphatic rings. The summed E-state index contributed by atoms with van der Waals surface area (Å²) in [7, 11) is 0. The van der Waals surface area contributed by atoms with Crippen molar-refractivity contribution >= 4 is 35.1 Å². The zero-order chi connectivity index (χ0) is 20.1. The van der Waals surface area contributed by atoms with Gasteiger partial charge in [0, 0.05) is 16.1 Å². The van der Waals surface area contributed by atoms with Crippen LogP contribution in [0.1, 0.15) is 11.1 Å². The Hall–Kier alpha value is -2.89. The molecule has 3 rings (SSSR count). The maximum atomic E-state index is 12.4. The molecule has 1 heterocycles. The van der Waals surface area contributed by atoms with E-state index in [-0.39, 0.29) is 11.7 Å². The van der Waals surface area contributed by atoms with Gasteiger partial charge in [-0.2, -0.15) is 5.26 Å². The summed E-state index contributed by atoms with van der Waals surface area (Å²) in [6.07, 6.45) is 1.75. The van der Waals surface area contributed by atoms with E-state index in [9.17, 15) is 4.79 Å². The van der Waals surface area contributed by atoms with Crippen LogP contribution in [0.5, 0.6) is 0 Å². The van der Waals surface area contributed by atoms with E-state index in [4.69, 9.17) is 11.1 Å². The Labute approximate surface area is 172 Å².